The third-order valence-electron chi connectivity index (χ3n) is 6.51. The van der Waals surface area contributed by atoms with E-state index in [0.717, 1.165) is 0 Å². The van der Waals surface area contributed by atoms with E-state index in [2.05, 4.69) is 5.32 Å². The maximum absolute atomic E-state index is 14.5. The first-order valence-electron chi connectivity index (χ1n) is 11.6. The third kappa shape index (κ3) is 6.26. The smallest absolute Gasteiger partial charge is 0.444 e. The second kappa shape index (κ2) is 9.26. The van der Waals surface area contributed by atoms with E-state index < -0.39 is 35.8 Å². The summed E-state index contributed by atoms with van der Waals surface area (Å²) >= 11 is 0. The van der Waals surface area contributed by atoms with Gasteiger partial charge in [-0.1, -0.05) is 12.1 Å². The zero-order valence-electron chi connectivity index (χ0n) is 20.8. The molecule has 1 aromatic rings. The minimum Gasteiger partial charge on any atom is -0.444 e. The minimum atomic E-state index is -0.612. The molecule has 0 atom stereocenters. The highest BCUT2D eigenvalue weighted by molar-refractivity contribution is 6.62. The highest BCUT2D eigenvalue weighted by atomic mass is 19.1. The van der Waals surface area contributed by atoms with Crippen LogP contribution >= 0.6 is 0 Å². The third-order valence-corrected chi connectivity index (χ3v) is 6.51. The number of amides is 2. The lowest BCUT2D eigenvalue weighted by molar-refractivity contribution is -0.131. The van der Waals surface area contributed by atoms with Gasteiger partial charge in [-0.15, -0.1) is 0 Å². The molecule has 33 heavy (non-hydrogen) atoms. The Morgan fingerprint density at radius 1 is 1.15 bits per heavy atom. The molecule has 2 fully saturated rings. The van der Waals surface area contributed by atoms with Crippen molar-refractivity contribution in [2.75, 3.05) is 13.1 Å². The quantitative estimate of drug-likeness (QED) is 0.696. The van der Waals surface area contributed by atoms with Crippen LogP contribution in [0.4, 0.5) is 9.18 Å². The molecule has 2 saturated heterocycles. The van der Waals surface area contributed by atoms with Gasteiger partial charge in [0.15, 0.2) is 0 Å². The van der Waals surface area contributed by atoms with E-state index in [4.69, 9.17) is 14.0 Å². The van der Waals surface area contributed by atoms with Crippen molar-refractivity contribution in [2.24, 2.45) is 0 Å². The van der Waals surface area contributed by atoms with Crippen molar-refractivity contribution in [3.63, 3.8) is 0 Å². The Morgan fingerprint density at radius 2 is 1.73 bits per heavy atom. The van der Waals surface area contributed by atoms with Gasteiger partial charge in [0.2, 0.25) is 5.91 Å². The minimum absolute atomic E-state index is 0.0384. The average Bonchev–Trinajstić information content (AvgIpc) is 2.89. The van der Waals surface area contributed by atoms with E-state index in [-0.39, 0.29) is 18.4 Å². The molecule has 0 spiro atoms. The first-order valence-corrected chi connectivity index (χ1v) is 11.6. The van der Waals surface area contributed by atoms with Gasteiger partial charge >= 0.3 is 13.2 Å². The summed E-state index contributed by atoms with van der Waals surface area (Å²) in [5.41, 5.74) is -0.543. The number of carbonyl (C=O) groups excluding carboxylic acids is 2. The Balaban J connectivity index is 1.57. The van der Waals surface area contributed by atoms with Crippen LogP contribution in [-0.2, 0) is 25.3 Å². The Hall–Kier alpha value is -2.13. The average molecular weight is 462 g/mol. The zero-order chi connectivity index (χ0) is 24.6. The molecule has 9 heteroatoms. The number of halogens is 1. The molecule has 3 rings (SSSR count). The number of likely N-dealkylation sites (tertiary alicyclic amines) is 1. The molecule has 2 amide bonds. The first-order chi connectivity index (χ1) is 15.2. The molecule has 0 aliphatic carbocycles. The van der Waals surface area contributed by atoms with Gasteiger partial charge in [-0.3, -0.25) is 4.79 Å². The monoisotopic (exact) mass is 462 g/mol. The number of alkyl carbamates (subject to hydrolysis) is 1. The Bertz CT molecular complexity index is 875. The Kier molecular flexibility index (Phi) is 7.15. The van der Waals surface area contributed by atoms with Crippen molar-refractivity contribution in [3.8, 4) is 0 Å². The summed E-state index contributed by atoms with van der Waals surface area (Å²) in [4.78, 5) is 26.5. The van der Waals surface area contributed by atoms with Crippen LogP contribution in [0.25, 0.3) is 0 Å². The SMILES string of the molecule is CC(C)(C)OC(=O)NC1CCN(C(=O)Cc2cc(B3OC(C)(C)C(C)(C)O3)ccc2F)CC1. The lowest BCUT2D eigenvalue weighted by Crippen LogP contribution is -2.48. The molecule has 2 aliphatic rings. The number of hydrogen-bond donors (Lipinski definition) is 1. The van der Waals surface area contributed by atoms with Gasteiger partial charge in [0.1, 0.15) is 11.4 Å². The van der Waals surface area contributed by atoms with Crippen molar-refractivity contribution in [1.82, 2.24) is 10.2 Å². The van der Waals surface area contributed by atoms with Gasteiger partial charge < -0.3 is 24.3 Å². The van der Waals surface area contributed by atoms with Gasteiger partial charge in [-0.05, 0) is 78.4 Å². The second-order valence-electron chi connectivity index (χ2n) is 10.9. The summed E-state index contributed by atoms with van der Waals surface area (Å²) in [5.74, 6) is -0.569. The number of nitrogens with one attached hydrogen (secondary N) is 1. The van der Waals surface area contributed by atoms with Gasteiger partial charge in [-0.25, -0.2) is 9.18 Å². The Morgan fingerprint density at radius 3 is 2.27 bits per heavy atom. The van der Waals surface area contributed by atoms with E-state index in [1.807, 2.05) is 48.5 Å². The zero-order valence-corrected chi connectivity index (χ0v) is 20.8. The van der Waals surface area contributed by atoms with Crippen molar-refractivity contribution in [2.45, 2.75) is 90.6 Å². The van der Waals surface area contributed by atoms with Crippen LogP contribution in [0.3, 0.4) is 0 Å². The fraction of sp³-hybridized carbons (Fsp3) is 0.667. The van der Waals surface area contributed by atoms with Crippen LogP contribution in [0.2, 0.25) is 0 Å². The molecule has 182 valence electrons. The molecule has 7 nitrogen and oxygen atoms in total. The molecule has 1 N–H and O–H groups in total. The molecule has 0 saturated carbocycles. The summed E-state index contributed by atoms with van der Waals surface area (Å²) in [6.45, 7) is 14.3. The molecule has 0 unspecified atom stereocenters. The van der Waals surface area contributed by atoms with E-state index >= 15 is 0 Å². The molecular weight excluding hydrogens is 426 g/mol. The number of nitrogens with zero attached hydrogens (tertiary/aromatic N) is 1. The molecule has 1 aromatic carbocycles. The van der Waals surface area contributed by atoms with Crippen LogP contribution < -0.4 is 10.8 Å². The number of rotatable bonds is 4. The highest BCUT2D eigenvalue weighted by Gasteiger charge is 2.51. The number of ether oxygens (including phenoxy) is 1. The predicted octanol–water partition coefficient (Wildman–Crippen LogP) is 3.18. The number of benzene rings is 1. The molecule has 0 aromatic heterocycles. The summed E-state index contributed by atoms with van der Waals surface area (Å²) in [6, 6.07) is 4.61. The van der Waals surface area contributed by atoms with Crippen molar-refractivity contribution in [3.05, 3.63) is 29.6 Å². The highest BCUT2D eigenvalue weighted by Crippen LogP contribution is 2.36. The molecule has 0 radical (unpaired) electrons. The normalized spacial score (nSPS) is 20.6. The first kappa shape index (κ1) is 25.5. The molecular formula is C24H36BFN2O5. The van der Waals surface area contributed by atoms with Crippen LogP contribution in [0.15, 0.2) is 18.2 Å². The van der Waals surface area contributed by atoms with Crippen LogP contribution in [0, 0.1) is 5.82 Å². The lowest BCUT2D eigenvalue weighted by Gasteiger charge is -2.33. The molecule has 2 heterocycles. The van der Waals surface area contributed by atoms with Crippen LogP contribution in [0.5, 0.6) is 0 Å². The number of piperidine rings is 1. The largest absolute Gasteiger partial charge is 0.494 e. The fourth-order valence-electron chi connectivity index (χ4n) is 3.88. The number of carbonyl (C=O) groups is 2. The topological polar surface area (TPSA) is 77.1 Å². The lowest BCUT2D eigenvalue weighted by atomic mass is 9.78. The van der Waals surface area contributed by atoms with Gasteiger partial charge in [0.25, 0.3) is 0 Å². The van der Waals surface area contributed by atoms with Crippen molar-refractivity contribution in [1.29, 1.82) is 0 Å². The fourth-order valence-corrected chi connectivity index (χ4v) is 3.88. The molecule has 2 aliphatic heterocycles. The van der Waals surface area contributed by atoms with Gasteiger partial charge in [-0.2, -0.15) is 0 Å². The van der Waals surface area contributed by atoms with Crippen molar-refractivity contribution >= 4 is 24.6 Å². The van der Waals surface area contributed by atoms with E-state index in [1.165, 1.54) is 6.07 Å². The van der Waals surface area contributed by atoms with E-state index in [9.17, 15) is 14.0 Å². The predicted molar refractivity (Wildman–Crippen MR) is 125 cm³/mol. The van der Waals surface area contributed by atoms with Gasteiger partial charge in [0.05, 0.1) is 17.6 Å². The maximum atomic E-state index is 14.5. The van der Waals surface area contributed by atoms with E-state index in [0.29, 0.717) is 37.0 Å². The molecule has 0 bridgehead atoms. The van der Waals surface area contributed by atoms with E-state index in [1.54, 1.807) is 17.0 Å². The number of hydrogen-bond acceptors (Lipinski definition) is 5. The van der Waals surface area contributed by atoms with Crippen molar-refractivity contribution < 1.29 is 28.0 Å². The second-order valence-corrected chi connectivity index (χ2v) is 10.9. The van der Waals surface area contributed by atoms with Crippen LogP contribution in [0.1, 0.15) is 66.9 Å². The summed E-state index contributed by atoms with van der Waals surface area (Å²) in [6.07, 6.45) is 0.764. The summed E-state index contributed by atoms with van der Waals surface area (Å²) in [5, 5.41) is 2.86. The van der Waals surface area contributed by atoms with Gasteiger partial charge in [0, 0.05) is 19.1 Å². The Labute approximate surface area is 196 Å². The summed E-state index contributed by atoms with van der Waals surface area (Å²) < 4.78 is 31.9. The standard InChI is InChI=1S/C24H36BFN2O5/c1-22(2,3)31-21(30)27-18-10-12-28(13-11-18)20(29)15-16-14-17(8-9-19(16)26)25-32-23(4,5)24(6,7)33-25/h8-9,14,18H,10-13,15H2,1-7H3,(H,27,30). The maximum Gasteiger partial charge on any atom is 0.494 e. The summed E-state index contributed by atoms with van der Waals surface area (Å²) in [7, 11) is -0.612. The van der Waals surface area contributed by atoms with Crippen LogP contribution in [-0.4, -0.2) is 60.0 Å².